The highest BCUT2D eigenvalue weighted by atomic mass is 79.9. The zero-order valence-corrected chi connectivity index (χ0v) is 26.7. The van der Waals surface area contributed by atoms with Crippen LogP contribution in [0.2, 0.25) is 12.1 Å². The Morgan fingerprint density at radius 2 is 1.16 bits per heavy atom. The van der Waals surface area contributed by atoms with E-state index in [1.807, 2.05) is 12.1 Å². The SMILES string of the molecule is Brc1ccc(COC2CCCCO2)cc1.CC(C)C[SiH](CC(C)C)c1ccc(COC2CCCCO2)cc1. The Balaban J connectivity index is 0.000000230. The Hall–Kier alpha value is -1.02. The molecule has 4 nitrogen and oxygen atoms in total. The maximum Gasteiger partial charge on any atom is 0.158 e. The van der Waals surface area contributed by atoms with E-state index in [0.717, 1.165) is 48.8 Å². The van der Waals surface area contributed by atoms with E-state index >= 15 is 0 Å². The molecule has 38 heavy (non-hydrogen) atoms. The maximum absolute atomic E-state index is 5.89. The molecule has 0 N–H and O–H groups in total. The van der Waals surface area contributed by atoms with Crippen molar-refractivity contribution in [2.75, 3.05) is 13.2 Å². The summed E-state index contributed by atoms with van der Waals surface area (Å²) in [4.78, 5) is 0. The van der Waals surface area contributed by atoms with Gasteiger partial charge in [0, 0.05) is 17.7 Å². The van der Waals surface area contributed by atoms with Crippen molar-refractivity contribution in [1.82, 2.24) is 0 Å². The Morgan fingerprint density at radius 1 is 0.711 bits per heavy atom. The van der Waals surface area contributed by atoms with Crippen LogP contribution >= 0.6 is 15.9 Å². The third-order valence-electron chi connectivity index (χ3n) is 7.02. The molecule has 0 spiro atoms. The molecule has 212 valence electrons. The summed E-state index contributed by atoms with van der Waals surface area (Å²) in [7, 11) is -0.842. The summed E-state index contributed by atoms with van der Waals surface area (Å²) in [6.45, 7) is 12.4. The highest BCUT2D eigenvalue weighted by Gasteiger charge is 2.18. The molecule has 2 aliphatic heterocycles. The number of rotatable bonds is 11. The normalized spacial score (nSPS) is 20.0. The van der Waals surface area contributed by atoms with Gasteiger partial charge in [-0.25, -0.2) is 0 Å². The lowest BCUT2D eigenvalue weighted by Crippen LogP contribution is -2.32. The van der Waals surface area contributed by atoms with E-state index in [9.17, 15) is 0 Å². The average Bonchev–Trinajstić information content (AvgIpc) is 2.93. The van der Waals surface area contributed by atoms with Crippen LogP contribution in [0.15, 0.2) is 53.0 Å². The zero-order valence-electron chi connectivity index (χ0n) is 24.0. The van der Waals surface area contributed by atoms with Crippen molar-refractivity contribution in [2.24, 2.45) is 11.8 Å². The molecule has 4 rings (SSSR count). The van der Waals surface area contributed by atoms with E-state index in [1.165, 1.54) is 42.5 Å². The van der Waals surface area contributed by atoms with Crippen LogP contribution in [0.1, 0.15) is 77.3 Å². The van der Waals surface area contributed by atoms with Crippen LogP contribution in [0.3, 0.4) is 0 Å². The lowest BCUT2D eigenvalue weighted by molar-refractivity contribution is -0.169. The first kappa shape index (κ1) is 31.5. The fourth-order valence-corrected chi connectivity index (χ4v) is 9.05. The number of ether oxygens (including phenoxy) is 4. The average molecular weight is 606 g/mol. The van der Waals surface area contributed by atoms with E-state index in [4.69, 9.17) is 18.9 Å². The molecule has 6 heteroatoms. The van der Waals surface area contributed by atoms with Gasteiger partial charge in [-0.1, -0.05) is 97.3 Å². The van der Waals surface area contributed by atoms with Gasteiger partial charge in [-0.05, 0) is 73.6 Å². The molecule has 0 saturated carbocycles. The van der Waals surface area contributed by atoms with Gasteiger partial charge in [0.15, 0.2) is 12.6 Å². The van der Waals surface area contributed by atoms with Gasteiger partial charge in [0.1, 0.15) is 0 Å². The van der Waals surface area contributed by atoms with Crippen molar-refractivity contribution in [2.45, 2.75) is 104 Å². The van der Waals surface area contributed by atoms with Crippen LogP contribution in [0.5, 0.6) is 0 Å². The van der Waals surface area contributed by atoms with Gasteiger partial charge in [0.2, 0.25) is 0 Å². The molecular weight excluding hydrogens is 556 g/mol. The molecule has 2 aromatic rings. The smallest absolute Gasteiger partial charge is 0.158 e. The minimum absolute atomic E-state index is 0.00222. The predicted octanol–water partition coefficient (Wildman–Crippen LogP) is 7.97. The minimum atomic E-state index is -0.842. The number of halogens is 1. The summed E-state index contributed by atoms with van der Waals surface area (Å²) in [5.41, 5.74) is 2.46. The van der Waals surface area contributed by atoms with Gasteiger partial charge in [0.05, 0.1) is 22.0 Å². The van der Waals surface area contributed by atoms with Gasteiger partial charge in [-0.15, -0.1) is 0 Å². The largest absolute Gasteiger partial charge is 0.353 e. The molecule has 2 saturated heterocycles. The lowest BCUT2D eigenvalue weighted by Gasteiger charge is -2.23. The molecule has 0 aliphatic carbocycles. The van der Waals surface area contributed by atoms with Gasteiger partial charge < -0.3 is 18.9 Å². The van der Waals surface area contributed by atoms with Crippen LogP contribution < -0.4 is 5.19 Å². The Morgan fingerprint density at radius 3 is 1.55 bits per heavy atom. The van der Waals surface area contributed by atoms with Crippen LogP contribution in [0, 0.1) is 11.8 Å². The Bertz CT molecular complexity index is 865. The summed E-state index contributed by atoms with van der Waals surface area (Å²) >= 11 is 3.41. The van der Waals surface area contributed by atoms with Crippen LogP contribution in [-0.4, -0.2) is 34.6 Å². The lowest BCUT2D eigenvalue weighted by atomic mass is 10.2. The van der Waals surface area contributed by atoms with Crippen molar-refractivity contribution in [3.05, 3.63) is 64.1 Å². The fourth-order valence-electron chi connectivity index (χ4n) is 5.04. The van der Waals surface area contributed by atoms with Gasteiger partial charge in [-0.2, -0.15) is 0 Å². The Labute approximate surface area is 241 Å². The summed E-state index contributed by atoms with van der Waals surface area (Å²) in [6.07, 6.45) is 6.85. The van der Waals surface area contributed by atoms with E-state index in [-0.39, 0.29) is 12.6 Å². The molecule has 2 atom stereocenters. The minimum Gasteiger partial charge on any atom is -0.353 e. The first-order valence-corrected chi connectivity index (χ1v) is 17.7. The molecule has 0 bridgehead atoms. The predicted molar refractivity (Wildman–Crippen MR) is 163 cm³/mol. The third kappa shape index (κ3) is 12.4. The summed E-state index contributed by atoms with van der Waals surface area (Å²) in [5.74, 6) is 1.61. The maximum atomic E-state index is 5.89. The molecule has 2 heterocycles. The van der Waals surface area contributed by atoms with E-state index < -0.39 is 8.80 Å². The van der Waals surface area contributed by atoms with E-state index in [2.05, 4.69) is 80.0 Å². The zero-order chi connectivity index (χ0) is 27.2. The molecule has 0 aromatic heterocycles. The topological polar surface area (TPSA) is 36.9 Å². The second kappa shape index (κ2) is 17.6. The van der Waals surface area contributed by atoms with Gasteiger partial charge in [-0.3, -0.25) is 0 Å². The second-order valence-electron chi connectivity index (χ2n) is 11.5. The molecule has 2 fully saturated rings. The standard InChI is InChI=1S/C20H34O2Si.C12H15BrO2/c1-16(2)14-23(15-17(3)4)19-10-8-18(9-11-19)13-22-20-7-5-6-12-21-20;13-11-6-4-10(5-7-11)9-15-12-3-1-2-8-14-12/h8-11,16-17,20,23H,5-7,12-15H2,1-4H3;4-7,12H,1-3,8-9H2. The van der Waals surface area contributed by atoms with Crippen LogP contribution in [-0.2, 0) is 32.2 Å². The first-order chi connectivity index (χ1) is 18.4. The molecule has 2 unspecified atom stereocenters. The van der Waals surface area contributed by atoms with Gasteiger partial charge >= 0.3 is 0 Å². The summed E-state index contributed by atoms with van der Waals surface area (Å²) in [5, 5.41) is 1.62. The molecule has 2 aliphatic rings. The Kier molecular flexibility index (Phi) is 14.6. The number of hydrogen-bond acceptors (Lipinski definition) is 4. The molecule has 0 amide bonds. The number of hydrogen-bond donors (Lipinski definition) is 0. The quantitative estimate of drug-likeness (QED) is 0.244. The van der Waals surface area contributed by atoms with E-state index in [1.54, 1.807) is 5.19 Å². The second-order valence-corrected chi connectivity index (χ2v) is 15.5. The summed E-state index contributed by atoms with van der Waals surface area (Å²) < 4.78 is 23.8. The van der Waals surface area contributed by atoms with Crippen molar-refractivity contribution < 1.29 is 18.9 Å². The molecule has 0 radical (unpaired) electrons. The van der Waals surface area contributed by atoms with Crippen molar-refractivity contribution in [1.29, 1.82) is 0 Å². The number of benzene rings is 2. The first-order valence-electron chi connectivity index (χ1n) is 14.7. The molecule has 2 aromatic carbocycles. The third-order valence-corrected chi connectivity index (χ3v) is 11.9. The van der Waals surface area contributed by atoms with Crippen molar-refractivity contribution in [3.63, 3.8) is 0 Å². The molecular formula is C32H49BrO4Si. The highest BCUT2D eigenvalue weighted by Crippen LogP contribution is 2.18. The summed E-state index contributed by atoms with van der Waals surface area (Å²) in [6, 6.07) is 20.2. The van der Waals surface area contributed by atoms with Crippen LogP contribution in [0.4, 0.5) is 0 Å². The van der Waals surface area contributed by atoms with Gasteiger partial charge in [0.25, 0.3) is 0 Å². The monoisotopic (exact) mass is 604 g/mol. The van der Waals surface area contributed by atoms with Crippen LogP contribution in [0.25, 0.3) is 0 Å². The fraction of sp³-hybridized carbons (Fsp3) is 0.625. The van der Waals surface area contributed by atoms with Crippen molar-refractivity contribution >= 4 is 29.9 Å². The van der Waals surface area contributed by atoms with E-state index in [0.29, 0.717) is 13.2 Å². The highest BCUT2D eigenvalue weighted by molar-refractivity contribution is 9.10. The van der Waals surface area contributed by atoms with Crippen molar-refractivity contribution in [3.8, 4) is 0 Å².